The van der Waals surface area contributed by atoms with E-state index in [9.17, 15) is 0 Å². The Kier molecular flexibility index (Phi) is 2.35. The van der Waals surface area contributed by atoms with Gasteiger partial charge in [0.1, 0.15) is 0 Å². The standard InChI is InChI=1S/C10H10ClNO2/c1-2-8(12)6-3-9-10(4-7(6)11)14-5-13-9/h2-4,8H,1,5,12H2/t8-/m0/s1. The van der Waals surface area contributed by atoms with Gasteiger partial charge in [0.2, 0.25) is 6.79 Å². The van der Waals surface area contributed by atoms with Gasteiger partial charge in [0.15, 0.2) is 11.5 Å². The fourth-order valence-electron chi connectivity index (χ4n) is 1.32. The molecule has 74 valence electrons. The van der Waals surface area contributed by atoms with Crippen molar-refractivity contribution in [1.82, 2.24) is 0 Å². The first-order chi connectivity index (χ1) is 6.72. The molecule has 4 heteroatoms. The Labute approximate surface area is 87.1 Å². The molecule has 1 aliphatic heterocycles. The molecule has 14 heavy (non-hydrogen) atoms. The molecule has 0 saturated carbocycles. The summed E-state index contributed by atoms with van der Waals surface area (Å²) >= 11 is 6.02. The van der Waals surface area contributed by atoms with Crippen LogP contribution in [0.5, 0.6) is 11.5 Å². The zero-order valence-corrected chi connectivity index (χ0v) is 8.25. The summed E-state index contributed by atoms with van der Waals surface area (Å²) in [5, 5.41) is 0.571. The molecule has 0 radical (unpaired) electrons. The molecule has 0 saturated heterocycles. The van der Waals surface area contributed by atoms with Gasteiger partial charge in [-0.3, -0.25) is 0 Å². The lowest BCUT2D eigenvalue weighted by Gasteiger charge is -2.09. The topological polar surface area (TPSA) is 44.5 Å². The molecule has 0 bridgehead atoms. The highest BCUT2D eigenvalue weighted by atomic mass is 35.5. The third-order valence-corrected chi connectivity index (χ3v) is 2.43. The molecule has 3 nitrogen and oxygen atoms in total. The maximum absolute atomic E-state index is 6.02. The van der Waals surface area contributed by atoms with E-state index in [1.807, 2.05) is 0 Å². The van der Waals surface area contributed by atoms with Crippen LogP contribution in [-0.2, 0) is 0 Å². The molecule has 1 aromatic rings. The van der Waals surface area contributed by atoms with E-state index < -0.39 is 0 Å². The minimum atomic E-state index is -0.281. The highest BCUT2D eigenvalue weighted by molar-refractivity contribution is 6.31. The molecule has 1 atom stereocenters. The van der Waals surface area contributed by atoms with Gasteiger partial charge in [0.05, 0.1) is 0 Å². The van der Waals surface area contributed by atoms with E-state index in [0.717, 1.165) is 5.56 Å². The highest BCUT2D eigenvalue weighted by Crippen LogP contribution is 2.38. The average Bonchev–Trinajstić information content (AvgIpc) is 2.62. The van der Waals surface area contributed by atoms with Crippen LogP contribution in [-0.4, -0.2) is 6.79 Å². The monoisotopic (exact) mass is 211 g/mol. The van der Waals surface area contributed by atoms with Gasteiger partial charge in [-0.05, 0) is 11.6 Å². The van der Waals surface area contributed by atoms with Crippen molar-refractivity contribution in [2.75, 3.05) is 6.79 Å². The smallest absolute Gasteiger partial charge is 0.231 e. The van der Waals surface area contributed by atoms with Crippen molar-refractivity contribution in [1.29, 1.82) is 0 Å². The van der Waals surface area contributed by atoms with Crippen molar-refractivity contribution in [2.24, 2.45) is 5.73 Å². The number of hydrogen-bond acceptors (Lipinski definition) is 3. The van der Waals surface area contributed by atoms with Crippen LogP contribution in [0.4, 0.5) is 0 Å². The molecule has 1 aliphatic rings. The minimum absolute atomic E-state index is 0.235. The van der Waals surface area contributed by atoms with Crippen LogP contribution >= 0.6 is 11.6 Å². The van der Waals surface area contributed by atoms with Gasteiger partial charge in [-0.25, -0.2) is 0 Å². The zero-order chi connectivity index (χ0) is 10.1. The first-order valence-corrected chi connectivity index (χ1v) is 4.57. The summed E-state index contributed by atoms with van der Waals surface area (Å²) in [6.45, 7) is 3.85. The summed E-state index contributed by atoms with van der Waals surface area (Å²) in [7, 11) is 0. The summed E-state index contributed by atoms with van der Waals surface area (Å²) in [5.41, 5.74) is 6.59. The van der Waals surface area contributed by atoms with Gasteiger partial charge in [-0.15, -0.1) is 6.58 Å². The van der Waals surface area contributed by atoms with Gasteiger partial charge < -0.3 is 15.2 Å². The van der Waals surface area contributed by atoms with E-state index in [1.165, 1.54) is 0 Å². The fraction of sp³-hybridized carbons (Fsp3) is 0.200. The maximum Gasteiger partial charge on any atom is 0.231 e. The molecule has 1 aromatic carbocycles. The van der Waals surface area contributed by atoms with Crippen molar-refractivity contribution in [2.45, 2.75) is 6.04 Å². The number of benzene rings is 1. The first-order valence-electron chi connectivity index (χ1n) is 4.19. The van der Waals surface area contributed by atoms with Crippen LogP contribution in [0.3, 0.4) is 0 Å². The van der Waals surface area contributed by atoms with Crippen LogP contribution in [0, 0.1) is 0 Å². The SMILES string of the molecule is C=C[C@H](N)c1cc2c(cc1Cl)OCO2. The average molecular weight is 212 g/mol. The third kappa shape index (κ3) is 1.45. The molecule has 0 aliphatic carbocycles. The molecular formula is C10H10ClNO2. The molecule has 0 aromatic heterocycles. The predicted octanol–water partition coefficient (Wildman–Crippen LogP) is 2.25. The molecule has 1 heterocycles. The van der Waals surface area contributed by atoms with Crippen LogP contribution < -0.4 is 15.2 Å². The Morgan fingerprint density at radius 3 is 2.71 bits per heavy atom. The van der Waals surface area contributed by atoms with E-state index in [2.05, 4.69) is 6.58 Å². The second-order valence-electron chi connectivity index (χ2n) is 2.99. The van der Waals surface area contributed by atoms with Crippen molar-refractivity contribution in [3.05, 3.63) is 35.4 Å². The van der Waals surface area contributed by atoms with Crippen molar-refractivity contribution in [3.63, 3.8) is 0 Å². The third-order valence-electron chi connectivity index (χ3n) is 2.10. The van der Waals surface area contributed by atoms with Gasteiger partial charge in [0, 0.05) is 17.1 Å². The van der Waals surface area contributed by atoms with Crippen LogP contribution in [0.2, 0.25) is 5.02 Å². The van der Waals surface area contributed by atoms with E-state index in [-0.39, 0.29) is 12.8 Å². The largest absolute Gasteiger partial charge is 0.454 e. The Morgan fingerprint density at radius 2 is 2.07 bits per heavy atom. The summed E-state index contributed by atoms with van der Waals surface area (Å²) in [6, 6.07) is 3.22. The van der Waals surface area contributed by atoms with E-state index >= 15 is 0 Å². The lowest BCUT2D eigenvalue weighted by atomic mass is 10.1. The van der Waals surface area contributed by atoms with Crippen molar-refractivity contribution in [3.8, 4) is 11.5 Å². The zero-order valence-electron chi connectivity index (χ0n) is 7.50. The molecule has 0 unspecified atom stereocenters. The maximum atomic E-state index is 6.02. The number of halogens is 1. The Bertz CT molecular complexity index is 379. The second kappa shape index (κ2) is 3.52. The Balaban J connectivity index is 2.47. The lowest BCUT2D eigenvalue weighted by Crippen LogP contribution is -2.06. The van der Waals surface area contributed by atoms with Gasteiger partial charge >= 0.3 is 0 Å². The number of hydrogen-bond donors (Lipinski definition) is 1. The summed E-state index contributed by atoms with van der Waals surface area (Å²) in [5.74, 6) is 1.34. The van der Waals surface area contributed by atoms with Crippen LogP contribution in [0.25, 0.3) is 0 Å². The number of rotatable bonds is 2. The van der Waals surface area contributed by atoms with Crippen molar-refractivity contribution >= 4 is 11.6 Å². The lowest BCUT2D eigenvalue weighted by molar-refractivity contribution is 0.174. The summed E-state index contributed by atoms with van der Waals surface area (Å²) in [6.07, 6.45) is 1.63. The second-order valence-corrected chi connectivity index (χ2v) is 3.40. The van der Waals surface area contributed by atoms with Gasteiger partial charge in [-0.2, -0.15) is 0 Å². The van der Waals surface area contributed by atoms with Crippen LogP contribution in [0.15, 0.2) is 24.8 Å². The molecular weight excluding hydrogens is 202 g/mol. The normalized spacial score (nSPS) is 15.3. The summed E-state index contributed by atoms with van der Waals surface area (Å²) in [4.78, 5) is 0. The fourth-order valence-corrected chi connectivity index (χ4v) is 1.59. The Hall–Kier alpha value is -1.19. The molecule has 2 rings (SSSR count). The van der Waals surface area contributed by atoms with Crippen LogP contribution in [0.1, 0.15) is 11.6 Å². The Morgan fingerprint density at radius 1 is 1.43 bits per heavy atom. The molecule has 0 amide bonds. The minimum Gasteiger partial charge on any atom is -0.454 e. The molecule has 0 fully saturated rings. The number of ether oxygens (including phenoxy) is 2. The molecule has 0 spiro atoms. The quantitative estimate of drug-likeness (QED) is 0.764. The summed E-state index contributed by atoms with van der Waals surface area (Å²) < 4.78 is 10.4. The van der Waals surface area contributed by atoms with E-state index in [1.54, 1.807) is 18.2 Å². The number of fused-ring (bicyclic) bond motifs is 1. The van der Waals surface area contributed by atoms with E-state index in [0.29, 0.717) is 16.5 Å². The molecule has 2 N–H and O–H groups in total. The van der Waals surface area contributed by atoms with E-state index in [4.69, 9.17) is 26.8 Å². The predicted molar refractivity (Wildman–Crippen MR) is 54.7 cm³/mol. The van der Waals surface area contributed by atoms with Gasteiger partial charge in [0.25, 0.3) is 0 Å². The highest BCUT2D eigenvalue weighted by Gasteiger charge is 2.18. The van der Waals surface area contributed by atoms with Crippen molar-refractivity contribution < 1.29 is 9.47 Å². The van der Waals surface area contributed by atoms with Gasteiger partial charge in [-0.1, -0.05) is 17.7 Å². The number of nitrogens with two attached hydrogens (primary N) is 1. The first kappa shape index (κ1) is 9.37.